The van der Waals surface area contributed by atoms with Crippen LogP contribution < -0.4 is 0 Å². The topological polar surface area (TPSA) is 0 Å². The van der Waals surface area contributed by atoms with Crippen LogP contribution in [0, 0.1) is 17.8 Å². The van der Waals surface area contributed by atoms with Crippen LogP contribution in [0.25, 0.3) is 0 Å². The molecule has 0 spiro atoms. The first-order chi connectivity index (χ1) is 6.65. The van der Waals surface area contributed by atoms with Gasteiger partial charge in [0.05, 0.1) is 0 Å². The Bertz CT molecular complexity index is 153. The van der Waals surface area contributed by atoms with E-state index in [2.05, 4.69) is 20.8 Å². The van der Waals surface area contributed by atoms with Crippen LogP contribution in [0.4, 0.5) is 0 Å². The van der Waals surface area contributed by atoms with E-state index in [1.54, 1.807) is 0 Å². The lowest BCUT2D eigenvalue weighted by Crippen LogP contribution is -2.20. The largest absolute Gasteiger partial charge is 0.122 e. The van der Waals surface area contributed by atoms with Gasteiger partial charge in [-0.05, 0) is 30.6 Å². The van der Waals surface area contributed by atoms with Crippen molar-refractivity contribution in [2.45, 2.75) is 64.7 Å². The zero-order chi connectivity index (χ0) is 10.6. The normalized spacial score (nSPS) is 31.5. The van der Waals surface area contributed by atoms with Crippen molar-refractivity contribution >= 4 is 11.6 Å². The molecule has 0 bridgehead atoms. The molecule has 3 unspecified atom stereocenters. The molecule has 1 saturated carbocycles. The van der Waals surface area contributed by atoms with E-state index in [4.69, 9.17) is 11.6 Å². The van der Waals surface area contributed by atoms with E-state index in [1.165, 1.54) is 38.5 Å². The second-order valence-electron chi connectivity index (χ2n) is 5.23. The van der Waals surface area contributed by atoms with Crippen molar-refractivity contribution in [2.75, 3.05) is 0 Å². The molecule has 0 amide bonds. The van der Waals surface area contributed by atoms with E-state index < -0.39 is 0 Å². The van der Waals surface area contributed by atoms with Gasteiger partial charge in [0.15, 0.2) is 0 Å². The van der Waals surface area contributed by atoms with Gasteiger partial charge in [-0.1, -0.05) is 46.5 Å². The van der Waals surface area contributed by atoms with Crippen LogP contribution in [-0.4, -0.2) is 5.38 Å². The van der Waals surface area contributed by atoms with E-state index in [1.807, 2.05) is 0 Å². The van der Waals surface area contributed by atoms with Crippen molar-refractivity contribution in [3.8, 4) is 0 Å². The van der Waals surface area contributed by atoms with E-state index in [9.17, 15) is 0 Å². The van der Waals surface area contributed by atoms with Crippen molar-refractivity contribution in [1.29, 1.82) is 0 Å². The Morgan fingerprint density at radius 3 is 2.43 bits per heavy atom. The average molecular weight is 217 g/mol. The molecule has 0 nitrogen and oxygen atoms in total. The summed E-state index contributed by atoms with van der Waals surface area (Å²) in [5.41, 5.74) is 0. The summed E-state index contributed by atoms with van der Waals surface area (Å²) in [5, 5.41) is 0.408. The first kappa shape index (κ1) is 12.4. The van der Waals surface area contributed by atoms with E-state index in [0.29, 0.717) is 11.3 Å². The number of hydrogen-bond acceptors (Lipinski definition) is 0. The van der Waals surface area contributed by atoms with Crippen LogP contribution in [0.3, 0.4) is 0 Å². The van der Waals surface area contributed by atoms with Gasteiger partial charge >= 0.3 is 0 Å². The van der Waals surface area contributed by atoms with Gasteiger partial charge in [-0.15, -0.1) is 11.6 Å². The molecule has 1 aliphatic rings. The highest BCUT2D eigenvalue weighted by Gasteiger charge is 2.25. The molecular weight excluding hydrogens is 192 g/mol. The average Bonchev–Trinajstić information content (AvgIpc) is 2.41. The highest BCUT2D eigenvalue weighted by molar-refractivity contribution is 6.20. The smallest absolute Gasteiger partial charge is 0.0387 e. The zero-order valence-corrected chi connectivity index (χ0v) is 10.7. The summed E-state index contributed by atoms with van der Waals surface area (Å²) in [5.74, 6) is 2.41. The van der Waals surface area contributed by atoms with Gasteiger partial charge < -0.3 is 0 Å². The Labute approximate surface area is 94.4 Å². The number of alkyl halides is 1. The van der Waals surface area contributed by atoms with E-state index in [0.717, 1.165) is 11.8 Å². The molecule has 14 heavy (non-hydrogen) atoms. The van der Waals surface area contributed by atoms with Gasteiger partial charge in [0, 0.05) is 5.38 Å². The lowest BCUT2D eigenvalue weighted by molar-refractivity contribution is 0.368. The Morgan fingerprint density at radius 1 is 1.14 bits per heavy atom. The van der Waals surface area contributed by atoms with Gasteiger partial charge in [0.1, 0.15) is 0 Å². The van der Waals surface area contributed by atoms with Crippen LogP contribution in [0.5, 0.6) is 0 Å². The van der Waals surface area contributed by atoms with Crippen LogP contribution in [0.2, 0.25) is 0 Å². The fourth-order valence-electron chi connectivity index (χ4n) is 2.68. The van der Waals surface area contributed by atoms with Crippen molar-refractivity contribution in [3.05, 3.63) is 0 Å². The maximum atomic E-state index is 6.46. The summed E-state index contributed by atoms with van der Waals surface area (Å²) in [6.07, 6.45) is 8.35. The van der Waals surface area contributed by atoms with Gasteiger partial charge in [-0.3, -0.25) is 0 Å². The van der Waals surface area contributed by atoms with Crippen molar-refractivity contribution in [2.24, 2.45) is 17.8 Å². The Balaban J connectivity index is 2.41. The fraction of sp³-hybridized carbons (Fsp3) is 1.00. The molecule has 0 N–H and O–H groups in total. The third-order valence-electron chi connectivity index (χ3n) is 3.80. The van der Waals surface area contributed by atoms with E-state index in [-0.39, 0.29) is 0 Å². The van der Waals surface area contributed by atoms with Crippen molar-refractivity contribution < 1.29 is 0 Å². The number of hydrogen-bond donors (Lipinski definition) is 0. The molecule has 0 aromatic carbocycles. The summed E-state index contributed by atoms with van der Waals surface area (Å²) < 4.78 is 0. The van der Waals surface area contributed by atoms with Crippen LogP contribution >= 0.6 is 11.6 Å². The minimum Gasteiger partial charge on any atom is -0.122 e. The standard InChI is InChI=1S/C13H25Cl/c1-4-11-6-5-7-12(9-8-11)13(14)10(2)3/h10-13H,4-9H2,1-3H3. The van der Waals surface area contributed by atoms with Crippen LogP contribution in [0.1, 0.15) is 59.3 Å². The Morgan fingerprint density at radius 2 is 1.86 bits per heavy atom. The molecule has 1 heteroatoms. The molecule has 0 saturated heterocycles. The summed E-state index contributed by atoms with van der Waals surface area (Å²) >= 11 is 6.46. The predicted molar refractivity (Wildman–Crippen MR) is 64.8 cm³/mol. The summed E-state index contributed by atoms with van der Waals surface area (Å²) in [6.45, 7) is 6.82. The molecule has 0 aromatic rings. The summed E-state index contributed by atoms with van der Waals surface area (Å²) in [4.78, 5) is 0. The van der Waals surface area contributed by atoms with Crippen molar-refractivity contribution in [1.82, 2.24) is 0 Å². The molecule has 1 rings (SSSR count). The molecule has 0 aromatic heterocycles. The first-order valence-electron chi connectivity index (χ1n) is 6.29. The molecular formula is C13H25Cl. The molecule has 1 fully saturated rings. The molecule has 3 atom stereocenters. The monoisotopic (exact) mass is 216 g/mol. The minimum absolute atomic E-state index is 0.408. The van der Waals surface area contributed by atoms with Crippen molar-refractivity contribution in [3.63, 3.8) is 0 Å². The third kappa shape index (κ3) is 3.46. The molecule has 0 aliphatic heterocycles. The lowest BCUT2D eigenvalue weighted by atomic mass is 9.89. The predicted octanol–water partition coefficient (Wildman–Crippen LogP) is 4.86. The Kier molecular flexibility index (Phi) is 5.30. The van der Waals surface area contributed by atoms with Gasteiger partial charge in [0.25, 0.3) is 0 Å². The molecule has 84 valence electrons. The van der Waals surface area contributed by atoms with Gasteiger partial charge in [-0.25, -0.2) is 0 Å². The second-order valence-corrected chi connectivity index (χ2v) is 5.74. The van der Waals surface area contributed by atoms with Crippen LogP contribution in [-0.2, 0) is 0 Å². The number of halogens is 1. The highest BCUT2D eigenvalue weighted by atomic mass is 35.5. The zero-order valence-electron chi connectivity index (χ0n) is 9.93. The number of rotatable bonds is 3. The molecule has 0 heterocycles. The second kappa shape index (κ2) is 6.00. The minimum atomic E-state index is 0.408. The third-order valence-corrected chi connectivity index (χ3v) is 4.66. The maximum Gasteiger partial charge on any atom is 0.0387 e. The highest BCUT2D eigenvalue weighted by Crippen LogP contribution is 2.34. The Hall–Kier alpha value is 0.290. The van der Waals surface area contributed by atoms with Gasteiger partial charge in [0.2, 0.25) is 0 Å². The first-order valence-corrected chi connectivity index (χ1v) is 6.72. The SMILES string of the molecule is CCC1CCCC(C(Cl)C(C)C)CC1. The van der Waals surface area contributed by atoms with Gasteiger partial charge in [-0.2, -0.15) is 0 Å². The van der Waals surface area contributed by atoms with E-state index >= 15 is 0 Å². The van der Waals surface area contributed by atoms with Crippen LogP contribution in [0.15, 0.2) is 0 Å². The lowest BCUT2D eigenvalue weighted by Gasteiger charge is -2.23. The molecule has 1 aliphatic carbocycles. The summed E-state index contributed by atoms with van der Waals surface area (Å²) in [7, 11) is 0. The quantitative estimate of drug-likeness (QED) is 0.467. The summed E-state index contributed by atoms with van der Waals surface area (Å²) in [6, 6.07) is 0. The fourth-order valence-corrected chi connectivity index (χ4v) is 2.93. The maximum absolute atomic E-state index is 6.46. The molecule has 0 radical (unpaired) electrons.